The minimum Gasteiger partial charge on any atom is -0.466 e. The Balaban J connectivity index is 1.91. The van der Waals surface area contributed by atoms with Crippen LogP contribution < -0.4 is 4.90 Å². The first-order valence-corrected chi connectivity index (χ1v) is 9.51. The van der Waals surface area contributed by atoms with Gasteiger partial charge in [-0.3, -0.25) is 4.79 Å². The van der Waals surface area contributed by atoms with Crippen LogP contribution in [0, 0.1) is 12.8 Å². The number of hydrogen-bond donors (Lipinski definition) is 1. The fraction of sp³-hybridized carbons (Fsp3) is 0.476. The number of carbonyl (C=O) groups is 2. The van der Waals surface area contributed by atoms with E-state index in [1.54, 1.807) is 0 Å². The predicted octanol–water partition coefficient (Wildman–Crippen LogP) is 1.69. The number of likely N-dealkylation sites (tertiary alicyclic amines) is 1. The summed E-state index contributed by atoms with van der Waals surface area (Å²) in [5, 5.41) is 0.958. The number of methoxy groups -OCH3 is 1. The molecule has 2 atom stereocenters. The Labute approximate surface area is 159 Å². The van der Waals surface area contributed by atoms with Gasteiger partial charge in [0.2, 0.25) is 0 Å². The van der Waals surface area contributed by atoms with Crippen molar-refractivity contribution in [2.75, 3.05) is 26.8 Å². The number of aromatic nitrogens is 1. The van der Waals surface area contributed by atoms with Gasteiger partial charge in [0.25, 0.3) is 0 Å². The number of fused-ring (bicyclic) bond motifs is 1. The lowest BCUT2D eigenvalue weighted by atomic mass is 9.97. The normalized spacial score (nSPS) is 19.7. The molecular weight excluding hydrogens is 344 g/mol. The van der Waals surface area contributed by atoms with Gasteiger partial charge in [-0.25, -0.2) is 9.78 Å². The number of piperidine rings is 1. The summed E-state index contributed by atoms with van der Waals surface area (Å²) in [4.78, 5) is 30.6. The first kappa shape index (κ1) is 19.3. The molecule has 1 aliphatic rings. The van der Waals surface area contributed by atoms with Gasteiger partial charge in [0, 0.05) is 5.39 Å². The van der Waals surface area contributed by atoms with Crippen molar-refractivity contribution in [3.63, 3.8) is 0 Å². The average molecular weight is 371 g/mol. The number of aryl methyl sites for hydroxylation is 1. The molecule has 1 aromatic heterocycles. The van der Waals surface area contributed by atoms with Crippen molar-refractivity contribution in [1.29, 1.82) is 0 Å². The fourth-order valence-corrected chi connectivity index (χ4v) is 3.95. The number of benzene rings is 1. The summed E-state index contributed by atoms with van der Waals surface area (Å²) in [6.07, 6.45) is 1.81. The van der Waals surface area contributed by atoms with Gasteiger partial charge in [0.05, 0.1) is 37.9 Å². The van der Waals surface area contributed by atoms with E-state index in [-0.39, 0.29) is 17.9 Å². The van der Waals surface area contributed by atoms with Gasteiger partial charge < -0.3 is 14.4 Å². The first-order valence-electron chi connectivity index (χ1n) is 9.51. The van der Waals surface area contributed by atoms with Gasteiger partial charge in [-0.2, -0.15) is 0 Å². The van der Waals surface area contributed by atoms with E-state index >= 15 is 0 Å². The molecule has 1 N–H and O–H groups in total. The molecule has 1 fully saturated rings. The second-order valence-corrected chi connectivity index (χ2v) is 7.04. The van der Waals surface area contributed by atoms with Crippen molar-refractivity contribution < 1.29 is 24.0 Å². The number of hydrogen-bond acceptors (Lipinski definition) is 5. The molecule has 3 rings (SSSR count). The lowest BCUT2D eigenvalue weighted by Crippen LogP contribution is -3.12. The number of rotatable bonds is 5. The number of pyridine rings is 1. The summed E-state index contributed by atoms with van der Waals surface area (Å²) in [7, 11) is 1.39. The third-order valence-corrected chi connectivity index (χ3v) is 5.27. The number of nitrogens with zero attached hydrogens (tertiary/aromatic N) is 1. The van der Waals surface area contributed by atoms with E-state index in [0.29, 0.717) is 25.3 Å². The zero-order chi connectivity index (χ0) is 19.4. The van der Waals surface area contributed by atoms with Gasteiger partial charge in [-0.05, 0) is 38.3 Å². The highest BCUT2D eigenvalue weighted by Gasteiger charge is 2.31. The molecular formula is C21H27N2O4+. The van der Waals surface area contributed by atoms with Crippen LogP contribution in [0.3, 0.4) is 0 Å². The lowest BCUT2D eigenvalue weighted by molar-refractivity contribution is -0.921. The first-order chi connectivity index (χ1) is 13.0. The molecule has 27 heavy (non-hydrogen) atoms. The average Bonchev–Trinajstić information content (AvgIpc) is 2.68. The fourth-order valence-electron chi connectivity index (χ4n) is 3.95. The van der Waals surface area contributed by atoms with E-state index in [1.807, 2.05) is 38.1 Å². The number of para-hydroxylation sites is 1. The highest BCUT2D eigenvalue weighted by molar-refractivity contribution is 5.98. The van der Waals surface area contributed by atoms with Crippen molar-refractivity contribution in [3.8, 4) is 0 Å². The van der Waals surface area contributed by atoms with Gasteiger partial charge in [-0.1, -0.05) is 18.2 Å². The summed E-state index contributed by atoms with van der Waals surface area (Å²) in [6, 6.07) is 7.82. The Morgan fingerprint density at radius 3 is 2.81 bits per heavy atom. The molecule has 2 aromatic rings. The second-order valence-electron chi connectivity index (χ2n) is 7.04. The van der Waals surface area contributed by atoms with E-state index in [9.17, 15) is 9.59 Å². The summed E-state index contributed by atoms with van der Waals surface area (Å²) in [6.45, 7) is 6.41. The number of esters is 2. The van der Waals surface area contributed by atoms with Crippen molar-refractivity contribution in [2.45, 2.75) is 33.2 Å². The number of ether oxygens (including phenoxy) is 2. The molecule has 144 valence electrons. The topological polar surface area (TPSA) is 69.9 Å². The monoisotopic (exact) mass is 371 g/mol. The second kappa shape index (κ2) is 8.48. The van der Waals surface area contributed by atoms with E-state index in [1.165, 1.54) is 12.0 Å². The van der Waals surface area contributed by atoms with E-state index in [4.69, 9.17) is 14.5 Å². The van der Waals surface area contributed by atoms with Gasteiger partial charge in [0.15, 0.2) is 0 Å². The molecule has 1 unspecified atom stereocenters. The van der Waals surface area contributed by atoms with Crippen LogP contribution in [0.15, 0.2) is 24.3 Å². The summed E-state index contributed by atoms with van der Waals surface area (Å²) >= 11 is 0. The van der Waals surface area contributed by atoms with Crippen LogP contribution in [-0.4, -0.2) is 43.7 Å². The Morgan fingerprint density at radius 2 is 2.07 bits per heavy atom. The van der Waals surface area contributed by atoms with E-state index in [2.05, 4.69) is 0 Å². The Hall–Kier alpha value is -2.47. The largest absolute Gasteiger partial charge is 0.466 e. The minimum atomic E-state index is -0.362. The van der Waals surface area contributed by atoms with Crippen molar-refractivity contribution in [1.82, 2.24) is 4.98 Å². The van der Waals surface area contributed by atoms with Crippen LogP contribution in [0.5, 0.6) is 0 Å². The molecule has 6 nitrogen and oxygen atoms in total. The number of nitrogens with one attached hydrogen (secondary N) is 1. The van der Waals surface area contributed by atoms with E-state index in [0.717, 1.165) is 41.5 Å². The van der Waals surface area contributed by atoms with Crippen LogP contribution in [-0.2, 0) is 20.8 Å². The molecule has 0 spiro atoms. The van der Waals surface area contributed by atoms with Crippen molar-refractivity contribution in [2.24, 2.45) is 5.92 Å². The Bertz CT molecular complexity index is 849. The van der Waals surface area contributed by atoms with Gasteiger partial charge >= 0.3 is 11.9 Å². The molecule has 0 radical (unpaired) electrons. The van der Waals surface area contributed by atoms with Crippen LogP contribution in [0.1, 0.15) is 41.4 Å². The molecule has 0 amide bonds. The molecule has 0 aliphatic carbocycles. The standard InChI is InChI=1S/C21H26N2O4/c1-4-27-20(24)15-8-7-11-23(12-15)13-18-19(21(25)26-3)14(2)16-9-5-6-10-17(16)22-18/h5-6,9-10,15H,4,7-8,11-13H2,1-3H3/p+1/t15-/m1/s1. The highest BCUT2D eigenvalue weighted by Crippen LogP contribution is 2.23. The van der Waals surface area contributed by atoms with Gasteiger partial charge in [0.1, 0.15) is 18.2 Å². The van der Waals surface area contributed by atoms with E-state index < -0.39 is 0 Å². The zero-order valence-electron chi connectivity index (χ0n) is 16.2. The van der Waals surface area contributed by atoms with Gasteiger partial charge in [-0.15, -0.1) is 0 Å². The van der Waals surface area contributed by atoms with Crippen LogP contribution in [0.25, 0.3) is 10.9 Å². The maximum Gasteiger partial charge on any atom is 0.340 e. The SMILES string of the molecule is CCOC(=O)[C@@H]1CCC[NH+](Cc2nc3ccccc3c(C)c2C(=O)OC)C1. The summed E-state index contributed by atoms with van der Waals surface area (Å²) < 4.78 is 10.2. The highest BCUT2D eigenvalue weighted by atomic mass is 16.5. The molecule has 0 bridgehead atoms. The Kier molecular flexibility index (Phi) is 6.06. The van der Waals surface area contributed by atoms with Crippen LogP contribution in [0.2, 0.25) is 0 Å². The summed E-state index contributed by atoms with van der Waals surface area (Å²) in [5.41, 5.74) is 3.04. The molecule has 1 aliphatic heterocycles. The number of carbonyl (C=O) groups excluding carboxylic acids is 2. The molecule has 1 saturated heterocycles. The maximum absolute atomic E-state index is 12.5. The van der Waals surface area contributed by atoms with Crippen LogP contribution in [0.4, 0.5) is 0 Å². The lowest BCUT2D eigenvalue weighted by Gasteiger charge is -2.29. The smallest absolute Gasteiger partial charge is 0.340 e. The Morgan fingerprint density at radius 1 is 1.30 bits per heavy atom. The minimum absolute atomic E-state index is 0.0863. The third-order valence-electron chi connectivity index (χ3n) is 5.27. The maximum atomic E-state index is 12.5. The van der Waals surface area contributed by atoms with Crippen molar-refractivity contribution >= 4 is 22.8 Å². The molecule has 2 heterocycles. The predicted molar refractivity (Wildman–Crippen MR) is 102 cm³/mol. The van der Waals surface area contributed by atoms with Crippen LogP contribution >= 0.6 is 0 Å². The number of quaternary nitrogens is 1. The quantitative estimate of drug-likeness (QED) is 0.810. The molecule has 6 heteroatoms. The molecule has 1 aromatic carbocycles. The van der Waals surface area contributed by atoms with Crippen molar-refractivity contribution in [3.05, 3.63) is 41.1 Å². The summed E-state index contributed by atoms with van der Waals surface area (Å²) in [5.74, 6) is -0.568. The molecule has 0 saturated carbocycles. The third kappa shape index (κ3) is 4.11. The zero-order valence-corrected chi connectivity index (χ0v) is 16.2.